The van der Waals surface area contributed by atoms with E-state index in [9.17, 15) is 0 Å². The number of para-hydroxylation sites is 1. The van der Waals surface area contributed by atoms with E-state index in [0.29, 0.717) is 0 Å². The average molecular weight is 281 g/mol. The van der Waals surface area contributed by atoms with E-state index in [-0.39, 0.29) is 6.04 Å². The lowest BCUT2D eigenvalue weighted by Crippen LogP contribution is -2.24. The third-order valence-electron chi connectivity index (χ3n) is 3.57. The molecule has 0 saturated heterocycles. The van der Waals surface area contributed by atoms with Crippen LogP contribution in [0.4, 0.5) is 0 Å². The van der Waals surface area contributed by atoms with Crippen molar-refractivity contribution in [3.05, 3.63) is 54.2 Å². The second kappa shape index (κ2) is 6.01. The van der Waals surface area contributed by atoms with Crippen molar-refractivity contribution >= 4 is 10.9 Å². The quantitative estimate of drug-likeness (QED) is 0.780. The summed E-state index contributed by atoms with van der Waals surface area (Å²) in [6.07, 6.45) is 6.32. The first kappa shape index (κ1) is 13.7. The average Bonchev–Trinajstić information content (AvgIpc) is 2.87. The van der Waals surface area contributed by atoms with Gasteiger partial charge in [-0.05, 0) is 19.0 Å². The monoisotopic (exact) mass is 281 g/mol. The van der Waals surface area contributed by atoms with Crippen LogP contribution in [0.25, 0.3) is 10.9 Å². The highest BCUT2D eigenvalue weighted by atomic mass is 15.3. The molecule has 0 amide bonds. The Morgan fingerprint density at radius 3 is 2.71 bits per heavy atom. The first-order chi connectivity index (χ1) is 10.3. The summed E-state index contributed by atoms with van der Waals surface area (Å²) >= 11 is 0. The summed E-state index contributed by atoms with van der Waals surface area (Å²) in [4.78, 5) is 8.28. The van der Waals surface area contributed by atoms with Crippen molar-refractivity contribution in [3.8, 4) is 0 Å². The Labute approximate surface area is 124 Å². The lowest BCUT2D eigenvalue weighted by atomic mass is 10.0. The lowest BCUT2D eigenvalue weighted by molar-refractivity contribution is 0.575. The number of nitrogens with zero attached hydrogens (tertiary/aromatic N) is 4. The molecule has 1 aromatic carbocycles. The normalized spacial score (nSPS) is 12.7. The fourth-order valence-corrected chi connectivity index (χ4v) is 2.58. The van der Waals surface area contributed by atoms with Gasteiger partial charge in [-0.3, -0.25) is 4.68 Å². The molecular weight excluding hydrogens is 262 g/mol. The van der Waals surface area contributed by atoms with Gasteiger partial charge in [0.2, 0.25) is 0 Å². The van der Waals surface area contributed by atoms with Gasteiger partial charge in [0.05, 0.1) is 17.3 Å². The first-order valence-corrected chi connectivity index (χ1v) is 7.21. The Hall–Kier alpha value is -2.27. The number of rotatable bonds is 5. The molecule has 0 spiro atoms. The minimum atomic E-state index is 0.0113. The standard InChI is InChI=1S/C16H19N5/c1-3-8-19-15(12-9-17-11-18-10-12)16-13-6-4-5-7-14(13)21(2)20-16/h4-7,9-11,15,19H,3,8H2,1-2H3. The predicted molar refractivity (Wildman–Crippen MR) is 82.9 cm³/mol. The Morgan fingerprint density at radius 1 is 1.19 bits per heavy atom. The number of hydrogen-bond acceptors (Lipinski definition) is 4. The van der Waals surface area contributed by atoms with Gasteiger partial charge in [-0.2, -0.15) is 5.10 Å². The maximum absolute atomic E-state index is 4.72. The van der Waals surface area contributed by atoms with Gasteiger partial charge in [-0.25, -0.2) is 9.97 Å². The van der Waals surface area contributed by atoms with Crippen LogP contribution in [0.15, 0.2) is 43.0 Å². The molecule has 3 aromatic rings. The minimum absolute atomic E-state index is 0.0113. The number of hydrogen-bond donors (Lipinski definition) is 1. The molecule has 5 heteroatoms. The lowest BCUT2D eigenvalue weighted by Gasteiger charge is -2.16. The summed E-state index contributed by atoms with van der Waals surface area (Å²) in [5, 5.41) is 9.43. The number of benzene rings is 1. The second-order valence-corrected chi connectivity index (χ2v) is 5.08. The van der Waals surface area contributed by atoms with Crippen LogP contribution in [0.2, 0.25) is 0 Å². The molecule has 0 fully saturated rings. The van der Waals surface area contributed by atoms with E-state index in [1.807, 2.05) is 36.3 Å². The van der Waals surface area contributed by atoms with E-state index < -0.39 is 0 Å². The summed E-state index contributed by atoms with van der Waals surface area (Å²) < 4.78 is 1.93. The van der Waals surface area contributed by atoms with Crippen molar-refractivity contribution in [2.75, 3.05) is 6.54 Å². The molecule has 21 heavy (non-hydrogen) atoms. The van der Waals surface area contributed by atoms with Crippen LogP contribution in [0.5, 0.6) is 0 Å². The van der Waals surface area contributed by atoms with E-state index >= 15 is 0 Å². The summed E-state index contributed by atoms with van der Waals surface area (Å²) in [5.74, 6) is 0. The molecule has 3 rings (SSSR count). The van der Waals surface area contributed by atoms with E-state index in [0.717, 1.165) is 35.1 Å². The molecule has 1 N–H and O–H groups in total. The van der Waals surface area contributed by atoms with Crippen LogP contribution >= 0.6 is 0 Å². The molecule has 1 unspecified atom stereocenters. The summed E-state index contributed by atoms with van der Waals surface area (Å²) in [7, 11) is 1.98. The Balaban J connectivity index is 2.10. The molecule has 1 atom stereocenters. The maximum Gasteiger partial charge on any atom is 0.115 e. The third-order valence-corrected chi connectivity index (χ3v) is 3.57. The molecule has 2 aromatic heterocycles. The molecule has 2 heterocycles. The van der Waals surface area contributed by atoms with Crippen molar-refractivity contribution in [1.82, 2.24) is 25.1 Å². The van der Waals surface area contributed by atoms with Crippen molar-refractivity contribution in [3.63, 3.8) is 0 Å². The molecule has 0 radical (unpaired) electrons. The molecule has 0 aliphatic carbocycles. The van der Waals surface area contributed by atoms with Crippen LogP contribution in [0.1, 0.15) is 30.6 Å². The Kier molecular flexibility index (Phi) is 3.92. The molecule has 5 nitrogen and oxygen atoms in total. The summed E-state index contributed by atoms with van der Waals surface area (Å²) in [5.41, 5.74) is 3.19. The Morgan fingerprint density at radius 2 is 1.95 bits per heavy atom. The number of fused-ring (bicyclic) bond motifs is 1. The Bertz CT molecular complexity index is 720. The minimum Gasteiger partial charge on any atom is -0.305 e. The third kappa shape index (κ3) is 2.64. The zero-order chi connectivity index (χ0) is 14.7. The van der Waals surface area contributed by atoms with E-state index in [2.05, 4.69) is 34.3 Å². The maximum atomic E-state index is 4.72. The highest BCUT2D eigenvalue weighted by molar-refractivity contribution is 5.82. The molecule has 0 aliphatic heterocycles. The van der Waals surface area contributed by atoms with Gasteiger partial charge in [-0.1, -0.05) is 25.1 Å². The first-order valence-electron chi connectivity index (χ1n) is 7.21. The van der Waals surface area contributed by atoms with Gasteiger partial charge in [0.25, 0.3) is 0 Å². The molecule has 0 bridgehead atoms. The zero-order valence-corrected chi connectivity index (χ0v) is 12.3. The van der Waals surface area contributed by atoms with E-state index in [1.54, 1.807) is 6.33 Å². The van der Waals surface area contributed by atoms with Crippen molar-refractivity contribution in [2.45, 2.75) is 19.4 Å². The van der Waals surface area contributed by atoms with Crippen molar-refractivity contribution in [1.29, 1.82) is 0 Å². The van der Waals surface area contributed by atoms with Gasteiger partial charge in [0.1, 0.15) is 6.33 Å². The summed E-state index contributed by atoms with van der Waals surface area (Å²) in [6, 6.07) is 8.30. The van der Waals surface area contributed by atoms with Crippen molar-refractivity contribution in [2.24, 2.45) is 7.05 Å². The van der Waals surface area contributed by atoms with Gasteiger partial charge < -0.3 is 5.32 Å². The number of aromatic nitrogens is 4. The van der Waals surface area contributed by atoms with Gasteiger partial charge in [-0.15, -0.1) is 0 Å². The molecule has 0 saturated carbocycles. The molecule has 108 valence electrons. The summed E-state index contributed by atoms with van der Waals surface area (Å²) in [6.45, 7) is 3.08. The SMILES string of the molecule is CCCNC(c1cncnc1)c1nn(C)c2ccccc12. The number of nitrogens with one attached hydrogen (secondary N) is 1. The highest BCUT2D eigenvalue weighted by Gasteiger charge is 2.20. The van der Waals surface area contributed by atoms with Gasteiger partial charge in [0, 0.05) is 30.4 Å². The van der Waals surface area contributed by atoms with Crippen LogP contribution in [-0.2, 0) is 7.05 Å². The van der Waals surface area contributed by atoms with Crippen LogP contribution in [0.3, 0.4) is 0 Å². The largest absolute Gasteiger partial charge is 0.305 e. The fourth-order valence-electron chi connectivity index (χ4n) is 2.58. The van der Waals surface area contributed by atoms with Crippen LogP contribution < -0.4 is 5.32 Å². The highest BCUT2D eigenvalue weighted by Crippen LogP contribution is 2.27. The van der Waals surface area contributed by atoms with E-state index in [1.165, 1.54) is 0 Å². The van der Waals surface area contributed by atoms with Gasteiger partial charge in [0.15, 0.2) is 0 Å². The fraction of sp³-hybridized carbons (Fsp3) is 0.312. The second-order valence-electron chi connectivity index (χ2n) is 5.08. The van der Waals surface area contributed by atoms with Crippen LogP contribution in [-0.4, -0.2) is 26.3 Å². The van der Waals surface area contributed by atoms with Crippen LogP contribution in [0, 0.1) is 0 Å². The predicted octanol–water partition coefficient (Wildman–Crippen LogP) is 2.45. The topological polar surface area (TPSA) is 55.6 Å². The zero-order valence-electron chi connectivity index (χ0n) is 12.3. The van der Waals surface area contributed by atoms with Gasteiger partial charge >= 0.3 is 0 Å². The van der Waals surface area contributed by atoms with E-state index in [4.69, 9.17) is 5.10 Å². The molecular formula is C16H19N5. The number of aryl methyl sites for hydroxylation is 1. The smallest absolute Gasteiger partial charge is 0.115 e. The van der Waals surface area contributed by atoms with Crippen molar-refractivity contribution < 1.29 is 0 Å². The molecule has 0 aliphatic rings.